The molecule has 4 rings (SSSR count). The maximum Gasteiger partial charge on any atom is 0.399 e. The fourth-order valence-corrected chi connectivity index (χ4v) is 7.24. The van der Waals surface area contributed by atoms with Crippen LogP contribution in [0, 0.1) is 6.92 Å². The molecule has 0 amide bonds. The first kappa shape index (κ1) is 40.0. The quantitative estimate of drug-likeness (QED) is 0.0369. The van der Waals surface area contributed by atoms with Gasteiger partial charge in [-0.05, 0) is 87.4 Å². The number of fused-ring (bicyclic) bond motifs is 3. The molecular weight excluding hydrogens is 683 g/mol. The van der Waals surface area contributed by atoms with E-state index in [1.54, 1.807) is 6.92 Å². The molecule has 4 aromatic rings. The number of carbonyl (C=O) groups is 1. The molecule has 0 aliphatic rings. The maximum atomic E-state index is 14.4. The second-order valence-corrected chi connectivity index (χ2v) is 13.9. The predicted octanol–water partition coefficient (Wildman–Crippen LogP) is 7.62. The number of rotatable bonds is 22. The van der Waals surface area contributed by atoms with Crippen LogP contribution in [0.3, 0.4) is 0 Å². The molecule has 278 valence electrons. The predicted molar refractivity (Wildman–Crippen MR) is 193 cm³/mol. The normalized spacial score (nSPS) is 12.1. The summed E-state index contributed by atoms with van der Waals surface area (Å²) in [5.74, 6) is 0.798. The number of nitrogens with zero attached hydrogens (tertiary/aromatic N) is 2. The molecule has 11 nitrogen and oxygen atoms in total. The SMILES string of the molecule is CCOC(=O)CCc1c(CCc2ccc(OCCOCCOCCC(F)(F)P(=O)(OCC)OCC)cc2C)cnc2c(N)nc3ccccc3c12. The van der Waals surface area contributed by atoms with Gasteiger partial charge >= 0.3 is 19.2 Å². The van der Waals surface area contributed by atoms with Crippen molar-refractivity contribution >= 4 is 41.2 Å². The van der Waals surface area contributed by atoms with E-state index in [1.165, 1.54) is 13.8 Å². The summed E-state index contributed by atoms with van der Waals surface area (Å²) in [4.78, 5) is 21.6. The highest BCUT2D eigenvalue weighted by atomic mass is 31.2. The highest BCUT2D eigenvalue weighted by Crippen LogP contribution is 2.63. The standard InChI is InChI=1S/C37H48F2N3O8P/c1-5-47-33(43)17-16-30-28(25-41-35-34(30)31-10-8-9-11-32(31)42-36(35)40)13-12-27-14-15-29(24-26(27)4)48-23-22-46-21-20-45-19-18-37(38,39)51(44,49-6-2)50-7-3/h8-11,14-15,24-25H,5-7,12-13,16-23H2,1-4H3,(H2,40,42). The zero-order chi connectivity index (χ0) is 36.9. The summed E-state index contributed by atoms with van der Waals surface area (Å²) in [5, 5.41) is 1.86. The number of carbonyl (C=O) groups excluding carboxylic acids is 1. The van der Waals surface area contributed by atoms with Crippen LogP contribution in [0.15, 0.2) is 48.7 Å². The number of alkyl halides is 2. The van der Waals surface area contributed by atoms with E-state index in [-0.39, 0.29) is 52.0 Å². The van der Waals surface area contributed by atoms with Gasteiger partial charge in [0.15, 0.2) is 5.82 Å². The van der Waals surface area contributed by atoms with E-state index in [1.807, 2.05) is 55.6 Å². The number of nitrogen functional groups attached to an aromatic ring is 1. The third-order valence-electron chi connectivity index (χ3n) is 8.21. The van der Waals surface area contributed by atoms with Gasteiger partial charge in [-0.2, -0.15) is 8.78 Å². The molecule has 2 aromatic carbocycles. The van der Waals surface area contributed by atoms with Crippen LogP contribution in [0.1, 0.15) is 55.9 Å². The average molecular weight is 732 g/mol. The van der Waals surface area contributed by atoms with Crippen molar-refractivity contribution in [3.05, 3.63) is 70.9 Å². The molecule has 2 N–H and O–H groups in total. The summed E-state index contributed by atoms with van der Waals surface area (Å²) in [6, 6.07) is 13.7. The third-order valence-corrected chi connectivity index (χ3v) is 10.4. The highest BCUT2D eigenvalue weighted by molar-refractivity contribution is 7.55. The Morgan fingerprint density at radius 1 is 0.882 bits per heavy atom. The molecule has 2 heterocycles. The second kappa shape index (κ2) is 19.2. The number of anilines is 1. The Morgan fingerprint density at radius 2 is 1.57 bits per heavy atom. The van der Waals surface area contributed by atoms with E-state index in [4.69, 9.17) is 38.7 Å². The van der Waals surface area contributed by atoms with Crippen LogP contribution in [0.5, 0.6) is 5.75 Å². The van der Waals surface area contributed by atoms with E-state index in [2.05, 4.69) is 4.98 Å². The molecule has 0 aliphatic heterocycles. The number of benzene rings is 2. The smallest absolute Gasteiger partial charge is 0.399 e. The molecule has 0 atom stereocenters. The number of hydrogen-bond acceptors (Lipinski definition) is 11. The minimum Gasteiger partial charge on any atom is -0.491 e. The summed E-state index contributed by atoms with van der Waals surface area (Å²) < 4.78 is 72.5. The number of ether oxygens (including phenoxy) is 4. The number of hydrogen-bond donors (Lipinski definition) is 1. The largest absolute Gasteiger partial charge is 0.491 e. The zero-order valence-electron chi connectivity index (χ0n) is 29.8. The van der Waals surface area contributed by atoms with Gasteiger partial charge in [0.05, 0.1) is 51.8 Å². The maximum absolute atomic E-state index is 14.4. The van der Waals surface area contributed by atoms with Gasteiger partial charge in [-0.1, -0.05) is 24.3 Å². The van der Waals surface area contributed by atoms with Crippen molar-refractivity contribution in [1.82, 2.24) is 9.97 Å². The monoisotopic (exact) mass is 731 g/mol. The van der Waals surface area contributed by atoms with E-state index in [0.29, 0.717) is 43.1 Å². The molecule has 0 unspecified atom stereocenters. The molecule has 0 radical (unpaired) electrons. The molecule has 0 aliphatic carbocycles. The Morgan fingerprint density at radius 3 is 2.27 bits per heavy atom. The van der Waals surface area contributed by atoms with Crippen molar-refractivity contribution in [2.24, 2.45) is 0 Å². The lowest BCUT2D eigenvalue weighted by molar-refractivity contribution is -0.143. The Balaban J connectivity index is 1.29. The van der Waals surface area contributed by atoms with Crippen molar-refractivity contribution in [3.8, 4) is 5.75 Å². The van der Waals surface area contributed by atoms with Crippen LogP contribution >= 0.6 is 7.60 Å². The lowest BCUT2D eigenvalue weighted by atomic mass is 9.92. The van der Waals surface area contributed by atoms with Gasteiger partial charge in [-0.25, -0.2) is 4.98 Å². The molecule has 0 saturated heterocycles. The van der Waals surface area contributed by atoms with Gasteiger partial charge in [0.2, 0.25) is 0 Å². The minimum absolute atomic E-state index is 0.0925. The molecule has 14 heteroatoms. The van der Waals surface area contributed by atoms with Crippen molar-refractivity contribution in [1.29, 1.82) is 0 Å². The van der Waals surface area contributed by atoms with Gasteiger partial charge in [-0.15, -0.1) is 0 Å². The van der Waals surface area contributed by atoms with Crippen LogP contribution < -0.4 is 10.5 Å². The van der Waals surface area contributed by atoms with E-state index < -0.39 is 19.7 Å². The first-order valence-corrected chi connectivity index (χ1v) is 18.8. The van der Waals surface area contributed by atoms with Crippen LogP contribution in [0.4, 0.5) is 14.6 Å². The number of aryl methyl sites for hydroxylation is 4. The topological polar surface area (TPSA) is 141 Å². The fourth-order valence-electron chi connectivity index (χ4n) is 5.75. The molecule has 0 spiro atoms. The molecule has 0 fully saturated rings. The van der Waals surface area contributed by atoms with Crippen LogP contribution in [0.2, 0.25) is 0 Å². The number of para-hydroxylation sites is 1. The summed E-state index contributed by atoms with van der Waals surface area (Å²) in [6.45, 7) is 7.35. The first-order chi connectivity index (χ1) is 24.5. The van der Waals surface area contributed by atoms with Gasteiger partial charge in [-0.3, -0.25) is 14.3 Å². The van der Waals surface area contributed by atoms with Gasteiger partial charge < -0.3 is 33.7 Å². The molecule has 51 heavy (non-hydrogen) atoms. The number of esters is 1. The number of aromatic nitrogens is 2. The van der Waals surface area contributed by atoms with Crippen molar-refractivity contribution in [3.63, 3.8) is 0 Å². The zero-order valence-corrected chi connectivity index (χ0v) is 30.6. The summed E-state index contributed by atoms with van der Waals surface area (Å²) in [7, 11) is -4.56. The van der Waals surface area contributed by atoms with Crippen LogP contribution in [-0.2, 0) is 51.9 Å². The summed E-state index contributed by atoms with van der Waals surface area (Å²) in [5.41, 5.74) is 8.36. The lowest BCUT2D eigenvalue weighted by Crippen LogP contribution is -2.23. The molecule has 2 aromatic heterocycles. The molecular formula is C37H48F2N3O8P. The Labute approximate surface area is 297 Å². The third kappa shape index (κ3) is 10.6. The van der Waals surface area contributed by atoms with Crippen molar-refractivity contribution < 1.29 is 46.1 Å². The minimum atomic E-state index is -4.56. The van der Waals surface area contributed by atoms with Gasteiger partial charge in [0, 0.05) is 29.8 Å². The Bertz CT molecular complexity index is 1800. The molecule has 0 saturated carbocycles. The van der Waals surface area contributed by atoms with Crippen LogP contribution in [-0.4, -0.2) is 74.5 Å². The summed E-state index contributed by atoms with van der Waals surface area (Å²) in [6.07, 6.45) is 3.22. The Kier molecular flexibility index (Phi) is 15.1. The van der Waals surface area contributed by atoms with Gasteiger partial charge in [0.25, 0.3) is 0 Å². The van der Waals surface area contributed by atoms with Gasteiger partial charge in [0.1, 0.15) is 17.9 Å². The number of pyridine rings is 2. The molecule has 0 bridgehead atoms. The lowest BCUT2D eigenvalue weighted by Gasteiger charge is -2.25. The van der Waals surface area contributed by atoms with E-state index >= 15 is 0 Å². The van der Waals surface area contributed by atoms with Crippen molar-refractivity contribution in [2.45, 2.75) is 65.5 Å². The number of nitrogens with two attached hydrogens (primary N) is 1. The second-order valence-electron chi connectivity index (χ2n) is 11.7. The van der Waals surface area contributed by atoms with E-state index in [9.17, 15) is 18.1 Å². The van der Waals surface area contributed by atoms with Crippen LogP contribution in [0.25, 0.3) is 21.8 Å². The summed E-state index contributed by atoms with van der Waals surface area (Å²) >= 11 is 0. The number of halogens is 2. The Hall–Kier alpha value is -3.74. The van der Waals surface area contributed by atoms with E-state index in [0.717, 1.165) is 45.0 Å². The first-order valence-electron chi connectivity index (χ1n) is 17.3. The highest BCUT2D eigenvalue weighted by Gasteiger charge is 2.52. The fraction of sp³-hybridized carbons (Fsp3) is 0.486. The average Bonchev–Trinajstić information content (AvgIpc) is 3.10. The van der Waals surface area contributed by atoms with Crippen molar-refractivity contribution in [2.75, 3.05) is 58.6 Å².